The molecule has 142 valence electrons. The van der Waals surface area contributed by atoms with Crippen molar-refractivity contribution in [1.29, 1.82) is 0 Å². The average Bonchev–Trinajstić information content (AvgIpc) is 3.14. The molecule has 0 radical (unpaired) electrons. The molecule has 0 aliphatic rings. The van der Waals surface area contributed by atoms with Crippen molar-refractivity contribution in [3.8, 4) is 17.6 Å². The highest BCUT2D eigenvalue weighted by Crippen LogP contribution is 2.27. The summed E-state index contributed by atoms with van der Waals surface area (Å²) in [6.45, 7) is -0.307. The molecule has 0 aliphatic heterocycles. The Kier molecular flexibility index (Phi) is 6.62. The number of ether oxygens (including phenoxy) is 1. The minimum absolute atomic E-state index is 0.0326. The number of hydrogen-bond donors (Lipinski definition) is 2. The van der Waals surface area contributed by atoms with Crippen LogP contribution in [0.15, 0.2) is 41.8 Å². The number of aliphatic hydroxyl groups excluding tert-OH is 1. The summed E-state index contributed by atoms with van der Waals surface area (Å²) in [6.07, 6.45) is 6.76. The maximum absolute atomic E-state index is 10.5. The molecule has 9 heteroatoms. The smallest absolute Gasteiger partial charge is 0.149 e. The molecule has 8 nitrogen and oxygen atoms in total. The second-order valence-electron chi connectivity index (χ2n) is 5.57. The molecule has 2 heterocycles. The molecule has 1 unspecified atom stereocenters. The fourth-order valence-corrected chi connectivity index (χ4v) is 3.04. The van der Waals surface area contributed by atoms with Gasteiger partial charge in [0.05, 0.1) is 29.2 Å². The van der Waals surface area contributed by atoms with E-state index in [0.717, 1.165) is 15.2 Å². The number of nitrogens with one attached hydrogen (secondary N) is 1. The molecule has 0 saturated heterocycles. The minimum Gasteiger partial charge on any atom is -0.491 e. The first-order valence-corrected chi connectivity index (χ1v) is 9.18. The Labute approximate surface area is 165 Å². The van der Waals surface area contributed by atoms with Gasteiger partial charge in [-0.2, -0.15) is 4.91 Å². The van der Waals surface area contributed by atoms with Crippen LogP contribution in [0.25, 0.3) is 16.3 Å². The van der Waals surface area contributed by atoms with Crippen molar-refractivity contribution in [2.45, 2.75) is 6.04 Å². The number of aromatic nitrogens is 3. The Balaban J connectivity index is 1.66. The molecule has 3 aromatic rings. The van der Waals surface area contributed by atoms with E-state index < -0.39 is 6.04 Å². The molecule has 28 heavy (non-hydrogen) atoms. The van der Waals surface area contributed by atoms with E-state index in [2.05, 4.69) is 37.3 Å². The largest absolute Gasteiger partial charge is 0.491 e. The van der Waals surface area contributed by atoms with E-state index in [0.29, 0.717) is 17.3 Å². The highest BCUT2D eigenvalue weighted by molar-refractivity contribution is 7.19. The molecule has 0 amide bonds. The second kappa shape index (κ2) is 9.55. The Morgan fingerprint density at radius 2 is 2.29 bits per heavy atom. The monoisotopic (exact) mass is 395 g/mol. The lowest BCUT2D eigenvalue weighted by molar-refractivity contribution is 0.207. The maximum atomic E-state index is 10.5. The number of allylic oxidation sites excluding steroid dienone is 1. The summed E-state index contributed by atoms with van der Waals surface area (Å²) in [5.74, 6) is 7.11. The predicted octanol–water partition coefficient (Wildman–Crippen LogP) is 2.70. The van der Waals surface area contributed by atoms with Crippen molar-refractivity contribution in [1.82, 2.24) is 15.0 Å². The van der Waals surface area contributed by atoms with Gasteiger partial charge in [-0.25, -0.2) is 15.0 Å². The molecular formula is C19H17N5O3S. The number of anilines is 1. The number of nitroso groups, excluding NO2 is 1. The van der Waals surface area contributed by atoms with E-state index >= 15 is 0 Å². The molecule has 0 aliphatic carbocycles. The topological polar surface area (TPSA) is 110 Å². The van der Waals surface area contributed by atoms with Gasteiger partial charge in [-0.15, -0.1) is 11.3 Å². The molecule has 2 aromatic heterocycles. The van der Waals surface area contributed by atoms with Crippen LogP contribution in [0.1, 0.15) is 10.7 Å². The number of fused-ring (bicyclic) bond motifs is 1. The van der Waals surface area contributed by atoms with E-state index in [-0.39, 0.29) is 13.2 Å². The molecule has 0 spiro atoms. The summed E-state index contributed by atoms with van der Waals surface area (Å²) in [6, 6.07) is 4.68. The van der Waals surface area contributed by atoms with Gasteiger partial charge in [0.15, 0.2) is 0 Å². The summed E-state index contributed by atoms with van der Waals surface area (Å²) < 4.78 is 6.44. The van der Waals surface area contributed by atoms with Crippen molar-refractivity contribution < 1.29 is 9.84 Å². The maximum Gasteiger partial charge on any atom is 0.149 e. The fourth-order valence-electron chi connectivity index (χ4n) is 2.14. The number of benzene rings is 1. The van der Waals surface area contributed by atoms with E-state index in [1.165, 1.54) is 11.3 Å². The predicted molar refractivity (Wildman–Crippen MR) is 109 cm³/mol. The SMILES string of the molecule is CNc1cnc(C#C/C=C/c2nc3ccc(OCC(CO)N=O)cc3s2)cn1. The van der Waals surface area contributed by atoms with Crippen LogP contribution in [0.2, 0.25) is 0 Å². The third-order valence-electron chi connectivity index (χ3n) is 3.60. The molecule has 3 rings (SSSR count). The summed E-state index contributed by atoms with van der Waals surface area (Å²) >= 11 is 1.49. The minimum atomic E-state index is -0.770. The summed E-state index contributed by atoms with van der Waals surface area (Å²) in [5, 5.41) is 15.5. The first kappa shape index (κ1) is 19.4. The van der Waals surface area contributed by atoms with Crippen LogP contribution in [0.5, 0.6) is 5.75 Å². The normalized spacial score (nSPS) is 11.8. The number of thiazole rings is 1. The van der Waals surface area contributed by atoms with Crippen LogP contribution in [0.4, 0.5) is 5.82 Å². The van der Waals surface area contributed by atoms with E-state index in [4.69, 9.17) is 9.84 Å². The molecule has 0 saturated carbocycles. The number of nitrogens with zero attached hydrogens (tertiary/aromatic N) is 4. The lowest BCUT2D eigenvalue weighted by Gasteiger charge is -2.08. The van der Waals surface area contributed by atoms with Crippen molar-refractivity contribution >= 4 is 33.4 Å². The highest BCUT2D eigenvalue weighted by atomic mass is 32.1. The molecular weight excluding hydrogens is 378 g/mol. The third-order valence-corrected chi connectivity index (χ3v) is 4.58. The van der Waals surface area contributed by atoms with E-state index in [9.17, 15) is 4.91 Å². The Morgan fingerprint density at radius 1 is 1.39 bits per heavy atom. The van der Waals surface area contributed by atoms with Gasteiger partial charge in [-0.05, 0) is 36.3 Å². The second-order valence-corrected chi connectivity index (χ2v) is 6.64. The van der Waals surface area contributed by atoms with Gasteiger partial charge in [-0.1, -0.05) is 11.1 Å². The summed E-state index contributed by atoms with van der Waals surface area (Å²) in [5.41, 5.74) is 1.42. The van der Waals surface area contributed by atoms with Crippen LogP contribution in [-0.4, -0.2) is 46.4 Å². The summed E-state index contributed by atoms with van der Waals surface area (Å²) in [4.78, 5) is 23.3. The van der Waals surface area contributed by atoms with Gasteiger partial charge in [0.1, 0.15) is 34.9 Å². The molecule has 1 aromatic carbocycles. The van der Waals surface area contributed by atoms with Crippen LogP contribution in [0, 0.1) is 16.7 Å². The number of hydrogen-bond acceptors (Lipinski definition) is 9. The Bertz CT molecular complexity index is 1040. The van der Waals surface area contributed by atoms with Crippen molar-refractivity contribution in [2.24, 2.45) is 5.18 Å². The average molecular weight is 395 g/mol. The zero-order chi connectivity index (χ0) is 19.8. The van der Waals surface area contributed by atoms with Gasteiger partial charge in [0.25, 0.3) is 0 Å². The van der Waals surface area contributed by atoms with Crippen molar-refractivity contribution in [2.75, 3.05) is 25.6 Å². The van der Waals surface area contributed by atoms with Crippen LogP contribution in [-0.2, 0) is 0 Å². The number of rotatable bonds is 7. The third kappa shape index (κ3) is 5.09. The van der Waals surface area contributed by atoms with Crippen molar-refractivity contribution in [3.05, 3.63) is 52.3 Å². The highest BCUT2D eigenvalue weighted by Gasteiger charge is 2.09. The van der Waals surface area contributed by atoms with Crippen LogP contribution < -0.4 is 10.1 Å². The van der Waals surface area contributed by atoms with E-state index in [1.807, 2.05) is 18.2 Å². The summed E-state index contributed by atoms with van der Waals surface area (Å²) in [7, 11) is 1.78. The standard InChI is InChI=1S/C19H17N5O3S/c1-20-18-10-21-13(9-22-18)4-2-3-5-19-23-16-7-6-15(8-17(16)28-19)27-12-14(11-25)24-26/h3,5-10,14,25H,11-12H2,1H3,(H,20,22)/b5-3+. The lowest BCUT2D eigenvalue weighted by atomic mass is 10.3. The fraction of sp³-hybridized carbons (Fsp3) is 0.211. The molecule has 1 atom stereocenters. The zero-order valence-electron chi connectivity index (χ0n) is 15.0. The van der Waals surface area contributed by atoms with Gasteiger partial charge < -0.3 is 15.2 Å². The molecule has 0 fully saturated rings. The van der Waals surface area contributed by atoms with Gasteiger partial charge in [-0.3, -0.25) is 0 Å². The molecule has 2 N–H and O–H groups in total. The van der Waals surface area contributed by atoms with E-state index in [1.54, 1.807) is 31.6 Å². The number of aliphatic hydroxyl groups is 1. The first-order valence-electron chi connectivity index (χ1n) is 8.36. The quantitative estimate of drug-likeness (QED) is 0.467. The Morgan fingerprint density at radius 3 is 3.00 bits per heavy atom. The first-order chi connectivity index (χ1) is 13.7. The van der Waals surface area contributed by atoms with Crippen LogP contribution in [0.3, 0.4) is 0 Å². The van der Waals surface area contributed by atoms with Gasteiger partial charge in [0, 0.05) is 7.05 Å². The zero-order valence-corrected chi connectivity index (χ0v) is 15.8. The lowest BCUT2D eigenvalue weighted by Crippen LogP contribution is -2.19. The van der Waals surface area contributed by atoms with Crippen molar-refractivity contribution in [3.63, 3.8) is 0 Å². The van der Waals surface area contributed by atoms with Crippen LogP contribution >= 0.6 is 11.3 Å². The Hall–Kier alpha value is -3.35. The van der Waals surface area contributed by atoms with Gasteiger partial charge in [0.2, 0.25) is 0 Å². The molecule has 0 bridgehead atoms. The van der Waals surface area contributed by atoms with Gasteiger partial charge >= 0.3 is 0 Å².